The highest BCUT2D eigenvalue weighted by atomic mass is 32.2. The summed E-state index contributed by atoms with van der Waals surface area (Å²) in [6.45, 7) is 1.99. The molecule has 0 saturated carbocycles. The van der Waals surface area contributed by atoms with E-state index in [-0.39, 0.29) is 17.3 Å². The second kappa shape index (κ2) is 8.14. The lowest BCUT2D eigenvalue weighted by molar-refractivity contribution is 0.101. The number of unbranched alkanes of at least 4 members (excludes halogenated alkanes) is 3. The number of Topliss-reactive ketones (excluding diaryl/α,β-unsaturated/α-hetero) is 1. The first-order chi connectivity index (χ1) is 9.47. The van der Waals surface area contributed by atoms with E-state index < -0.39 is 10.0 Å². The van der Waals surface area contributed by atoms with Crippen molar-refractivity contribution in [2.45, 2.75) is 37.5 Å². The van der Waals surface area contributed by atoms with Gasteiger partial charge in [0.25, 0.3) is 0 Å². The third kappa shape index (κ3) is 5.40. The zero-order chi connectivity index (χ0) is 15.0. The summed E-state index contributed by atoms with van der Waals surface area (Å²) in [6.07, 6.45) is 3.27. The molecular weight excluding hydrogens is 278 g/mol. The van der Waals surface area contributed by atoms with E-state index in [2.05, 4.69) is 4.72 Å². The van der Waals surface area contributed by atoms with Crippen molar-refractivity contribution < 1.29 is 18.3 Å². The van der Waals surface area contributed by atoms with Gasteiger partial charge < -0.3 is 5.11 Å². The number of carbonyl (C=O) groups excluding carboxylic acids is 1. The van der Waals surface area contributed by atoms with E-state index in [1.54, 1.807) is 0 Å². The van der Waals surface area contributed by atoms with E-state index in [1.165, 1.54) is 31.2 Å². The zero-order valence-corrected chi connectivity index (χ0v) is 12.4. The van der Waals surface area contributed by atoms with E-state index in [0.29, 0.717) is 12.1 Å². The molecular formula is C14H21NO4S. The van der Waals surface area contributed by atoms with Crippen molar-refractivity contribution in [3.63, 3.8) is 0 Å². The van der Waals surface area contributed by atoms with Gasteiger partial charge in [-0.25, -0.2) is 13.1 Å². The molecule has 0 radical (unpaired) electrons. The van der Waals surface area contributed by atoms with Crippen LogP contribution in [0.3, 0.4) is 0 Å². The maximum atomic E-state index is 12.0. The molecule has 20 heavy (non-hydrogen) atoms. The first-order valence-electron chi connectivity index (χ1n) is 6.69. The maximum absolute atomic E-state index is 12.0. The lowest BCUT2D eigenvalue weighted by Crippen LogP contribution is -2.24. The number of aliphatic hydroxyl groups excluding tert-OH is 1. The van der Waals surface area contributed by atoms with E-state index >= 15 is 0 Å². The van der Waals surface area contributed by atoms with Crippen molar-refractivity contribution in [1.82, 2.24) is 4.72 Å². The Hall–Kier alpha value is -1.24. The molecule has 0 aliphatic heterocycles. The van der Waals surface area contributed by atoms with Crippen molar-refractivity contribution in [2.75, 3.05) is 13.2 Å². The van der Waals surface area contributed by atoms with Crippen LogP contribution < -0.4 is 4.72 Å². The molecule has 0 amide bonds. The van der Waals surface area contributed by atoms with Gasteiger partial charge in [0.2, 0.25) is 10.0 Å². The van der Waals surface area contributed by atoms with Crippen molar-refractivity contribution in [1.29, 1.82) is 0 Å². The first kappa shape index (κ1) is 16.8. The summed E-state index contributed by atoms with van der Waals surface area (Å²) in [4.78, 5) is 11.3. The van der Waals surface area contributed by atoms with E-state index in [4.69, 9.17) is 5.11 Å². The van der Waals surface area contributed by atoms with Gasteiger partial charge in [-0.1, -0.05) is 25.0 Å². The highest BCUT2D eigenvalue weighted by Crippen LogP contribution is 2.11. The third-order valence-corrected chi connectivity index (χ3v) is 4.43. The summed E-state index contributed by atoms with van der Waals surface area (Å²) in [5.41, 5.74) is 0.493. The Kier molecular flexibility index (Phi) is 6.84. The Labute approximate surface area is 120 Å². The summed E-state index contributed by atoms with van der Waals surface area (Å²) in [5.74, 6) is -0.0919. The molecule has 1 aromatic rings. The molecule has 5 nitrogen and oxygen atoms in total. The molecule has 112 valence electrons. The summed E-state index contributed by atoms with van der Waals surface area (Å²) >= 11 is 0. The Morgan fingerprint density at radius 3 is 2.25 bits per heavy atom. The van der Waals surface area contributed by atoms with Gasteiger partial charge in [0.15, 0.2) is 5.78 Å². The third-order valence-electron chi connectivity index (χ3n) is 2.95. The molecule has 0 saturated heterocycles. The number of benzene rings is 1. The first-order valence-corrected chi connectivity index (χ1v) is 8.17. The van der Waals surface area contributed by atoms with Gasteiger partial charge in [-0.15, -0.1) is 0 Å². The van der Waals surface area contributed by atoms with Crippen molar-refractivity contribution >= 4 is 15.8 Å². The summed E-state index contributed by atoms with van der Waals surface area (Å²) in [6, 6.07) is 5.89. The van der Waals surface area contributed by atoms with Crippen molar-refractivity contribution in [3.05, 3.63) is 29.8 Å². The predicted octanol–water partition coefficient (Wildman–Crippen LogP) is 1.72. The van der Waals surface area contributed by atoms with Crippen molar-refractivity contribution in [2.24, 2.45) is 0 Å². The van der Waals surface area contributed by atoms with Crippen LogP contribution in [0, 0.1) is 0 Å². The lowest BCUT2D eigenvalue weighted by atomic mass is 10.2. The average molecular weight is 299 g/mol. The fourth-order valence-electron chi connectivity index (χ4n) is 1.75. The summed E-state index contributed by atoms with van der Waals surface area (Å²) < 4.78 is 26.5. The minimum atomic E-state index is -3.51. The number of hydrogen-bond donors (Lipinski definition) is 2. The van der Waals surface area contributed by atoms with E-state index in [0.717, 1.165) is 25.7 Å². The Balaban J connectivity index is 2.49. The SMILES string of the molecule is CC(=O)c1ccc(S(=O)(=O)NCCCCCCO)cc1. The fraction of sp³-hybridized carbons (Fsp3) is 0.500. The molecule has 6 heteroatoms. The molecule has 0 aliphatic rings. The minimum Gasteiger partial charge on any atom is -0.396 e. The molecule has 0 bridgehead atoms. The molecule has 1 aromatic carbocycles. The zero-order valence-electron chi connectivity index (χ0n) is 11.6. The molecule has 0 atom stereocenters. The van der Waals surface area contributed by atoms with Crippen LogP contribution in [0.15, 0.2) is 29.2 Å². The van der Waals surface area contributed by atoms with Gasteiger partial charge in [0.1, 0.15) is 0 Å². The highest BCUT2D eigenvalue weighted by Gasteiger charge is 2.13. The van der Waals surface area contributed by atoms with Gasteiger partial charge in [-0.05, 0) is 31.9 Å². The van der Waals surface area contributed by atoms with Crippen molar-refractivity contribution in [3.8, 4) is 0 Å². The Bertz CT molecular complexity index is 523. The van der Waals surface area contributed by atoms with Gasteiger partial charge in [0, 0.05) is 18.7 Å². The number of rotatable bonds is 9. The number of sulfonamides is 1. The van der Waals surface area contributed by atoms with Gasteiger partial charge >= 0.3 is 0 Å². The van der Waals surface area contributed by atoms with E-state index in [9.17, 15) is 13.2 Å². The second-order valence-corrected chi connectivity index (χ2v) is 6.38. The second-order valence-electron chi connectivity index (χ2n) is 4.62. The lowest BCUT2D eigenvalue weighted by Gasteiger charge is -2.07. The average Bonchev–Trinajstić information content (AvgIpc) is 2.43. The van der Waals surface area contributed by atoms with Crippen LogP contribution in [0.1, 0.15) is 43.0 Å². The van der Waals surface area contributed by atoms with Crippen LogP contribution in [0.4, 0.5) is 0 Å². The highest BCUT2D eigenvalue weighted by molar-refractivity contribution is 7.89. The number of nitrogens with one attached hydrogen (secondary N) is 1. The largest absolute Gasteiger partial charge is 0.396 e. The van der Waals surface area contributed by atoms with E-state index in [1.807, 2.05) is 0 Å². The molecule has 0 fully saturated rings. The summed E-state index contributed by atoms with van der Waals surface area (Å²) in [7, 11) is -3.51. The van der Waals surface area contributed by atoms with Crippen LogP contribution in [0.25, 0.3) is 0 Å². The number of hydrogen-bond acceptors (Lipinski definition) is 4. The van der Waals surface area contributed by atoms with Gasteiger partial charge in [-0.2, -0.15) is 0 Å². The normalized spacial score (nSPS) is 11.5. The number of aliphatic hydroxyl groups is 1. The quantitative estimate of drug-likeness (QED) is 0.537. The molecule has 0 heterocycles. The minimum absolute atomic E-state index is 0.0919. The fourth-order valence-corrected chi connectivity index (χ4v) is 2.82. The molecule has 0 spiro atoms. The van der Waals surface area contributed by atoms with Crippen LogP contribution in [-0.2, 0) is 10.0 Å². The monoisotopic (exact) mass is 299 g/mol. The molecule has 2 N–H and O–H groups in total. The maximum Gasteiger partial charge on any atom is 0.240 e. The number of carbonyl (C=O) groups is 1. The molecule has 0 unspecified atom stereocenters. The Morgan fingerprint density at radius 1 is 1.10 bits per heavy atom. The van der Waals surface area contributed by atoms with Crippen LogP contribution >= 0.6 is 0 Å². The van der Waals surface area contributed by atoms with Gasteiger partial charge in [-0.3, -0.25) is 4.79 Å². The van der Waals surface area contributed by atoms with Crippen LogP contribution in [0.5, 0.6) is 0 Å². The predicted molar refractivity (Wildman–Crippen MR) is 77.2 cm³/mol. The molecule has 1 rings (SSSR count). The number of ketones is 1. The summed E-state index contributed by atoms with van der Waals surface area (Å²) in [5, 5.41) is 8.63. The van der Waals surface area contributed by atoms with Crippen LogP contribution in [0.2, 0.25) is 0 Å². The smallest absolute Gasteiger partial charge is 0.240 e. The molecule has 0 aromatic heterocycles. The molecule has 0 aliphatic carbocycles. The van der Waals surface area contributed by atoms with Gasteiger partial charge in [0.05, 0.1) is 4.90 Å². The van der Waals surface area contributed by atoms with Crippen LogP contribution in [-0.4, -0.2) is 32.5 Å². The topological polar surface area (TPSA) is 83.5 Å². The Morgan fingerprint density at radius 2 is 1.70 bits per heavy atom. The standard InChI is InChI=1S/C14H21NO4S/c1-12(17)13-6-8-14(9-7-13)20(18,19)15-10-4-2-3-5-11-16/h6-9,15-16H,2-5,10-11H2,1H3.